The Kier molecular flexibility index (Phi) is 28.3. The summed E-state index contributed by atoms with van der Waals surface area (Å²) in [4.78, 5) is 23.8. The maximum atomic E-state index is 11.9. The second kappa shape index (κ2) is 29.8. The highest BCUT2D eigenvalue weighted by atomic mass is 16.6. The molecule has 0 saturated heterocycles. The van der Waals surface area contributed by atoms with Gasteiger partial charge >= 0.3 is 11.9 Å². The zero-order chi connectivity index (χ0) is 32.0. The molecule has 0 aromatic rings. The second-order valence-corrected chi connectivity index (χ2v) is 11.7. The quantitative estimate of drug-likeness (QED) is 0.0475. The van der Waals surface area contributed by atoms with Crippen LogP contribution < -0.4 is 0 Å². The van der Waals surface area contributed by atoms with Crippen LogP contribution >= 0.6 is 0 Å². The van der Waals surface area contributed by atoms with Crippen molar-refractivity contribution in [2.75, 3.05) is 13.2 Å². The van der Waals surface area contributed by atoms with Crippen molar-refractivity contribution < 1.29 is 34.4 Å². The molecule has 7 heteroatoms. The molecule has 0 amide bonds. The van der Waals surface area contributed by atoms with Crippen molar-refractivity contribution in [2.45, 2.75) is 148 Å². The number of ether oxygens (including phenoxy) is 2. The minimum Gasteiger partial charge on any atom is -0.463 e. The third-order valence-electron chi connectivity index (χ3n) is 6.96. The van der Waals surface area contributed by atoms with E-state index < -0.39 is 24.3 Å². The van der Waals surface area contributed by atoms with Gasteiger partial charge in [-0.15, -0.1) is 0 Å². The summed E-state index contributed by atoms with van der Waals surface area (Å²) in [5.74, 6) is -0.0779. The highest BCUT2D eigenvalue weighted by molar-refractivity contribution is 5.69. The van der Waals surface area contributed by atoms with E-state index in [0.29, 0.717) is 19.3 Å². The molecule has 0 spiro atoms. The SMILES string of the molecule is CC/C=C\C/C=C\C/C=C\C/C=C\C[C@H](O)[C@@H](O)CCCC(=O)OC[C@@H](O)COC(=O)CCCCCCCCCC(C)C. The fraction of sp³-hybridized carbons (Fsp3) is 0.722. The van der Waals surface area contributed by atoms with Crippen LogP contribution in [0.2, 0.25) is 0 Å². The van der Waals surface area contributed by atoms with Gasteiger partial charge in [0, 0.05) is 12.8 Å². The lowest BCUT2D eigenvalue weighted by atomic mass is 10.0. The Labute approximate surface area is 262 Å². The molecular weight excluding hydrogens is 544 g/mol. The number of hydrogen-bond donors (Lipinski definition) is 3. The van der Waals surface area contributed by atoms with Crippen molar-refractivity contribution >= 4 is 11.9 Å². The normalized spacial score (nSPS) is 14.4. The zero-order valence-electron chi connectivity index (χ0n) is 27.3. The molecule has 0 aromatic carbocycles. The van der Waals surface area contributed by atoms with Gasteiger partial charge in [0.15, 0.2) is 0 Å². The lowest BCUT2D eigenvalue weighted by Crippen LogP contribution is -2.26. The van der Waals surface area contributed by atoms with Gasteiger partial charge in [-0.1, -0.05) is 114 Å². The van der Waals surface area contributed by atoms with Crippen molar-refractivity contribution in [3.63, 3.8) is 0 Å². The molecule has 3 atom stereocenters. The summed E-state index contributed by atoms with van der Waals surface area (Å²) in [6, 6.07) is 0. The first-order chi connectivity index (χ1) is 20.8. The Hall–Kier alpha value is -2.22. The van der Waals surface area contributed by atoms with E-state index in [9.17, 15) is 24.9 Å². The maximum absolute atomic E-state index is 11.9. The van der Waals surface area contributed by atoms with E-state index in [1.54, 1.807) is 0 Å². The van der Waals surface area contributed by atoms with Crippen LogP contribution in [-0.2, 0) is 19.1 Å². The van der Waals surface area contributed by atoms with E-state index in [0.717, 1.165) is 50.9 Å². The number of allylic oxidation sites excluding steroid dienone is 7. The van der Waals surface area contributed by atoms with Gasteiger partial charge in [-0.25, -0.2) is 0 Å². The van der Waals surface area contributed by atoms with Gasteiger partial charge in [0.1, 0.15) is 19.3 Å². The molecule has 0 aliphatic heterocycles. The standard InChI is InChI=1S/C36H62O7/c1-4-5-6-7-8-9-10-11-12-15-18-21-25-33(38)34(39)26-23-28-36(41)43-30-32(37)29-42-35(40)27-22-19-16-13-14-17-20-24-31(2)3/h5-6,8-9,11-12,18,21,31-34,37-39H,4,7,10,13-17,19-20,22-30H2,1-3H3/b6-5-,9-8-,12-11-,21-18-/t32-,33-,34-/m0/s1. The second-order valence-electron chi connectivity index (χ2n) is 11.7. The van der Waals surface area contributed by atoms with Gasteiger partial charge in [0.05, 0.1) is 12.2 Å². The summed E-state index contributed by atoms with van der Waals surface area (Å²) in [5, 5.41) is 30.2. The molecule has 0 aliphatic rings. The highest BCUT2D eigenvalue weighted by Crippen LogP contribution is 2.13. The summed E-state index contributed by atoms with van der Waals surface area (Å²) in [6.07, 6.45) is 27.9. The first kappa shape index (κ1) is 40.8. The van der Waals surface area contributed by atoms with E-state index in [2.05, 4.69) is 57.2 Å². The topological polar surface area (TPSA) is 113 Å². The molecule has 3 N–H and O–H groups in total. The monoisotopic (exact) mass is 606 g/mol. The molecule has 0 unspecified atom stereocenters. The molecule has 0 saturated carbocycles. The molecule has 0 heterocycles. The maximum Gasteiger partial charge on any atom is 0.305 e. The van der Waals surface area contributed by atoms with Gasteiger partial charge in [0.25, 0.3) is 0 Å². The van der Waals surface area contributed by atoms with Crippen molar-refractivity contribution in [3.8, 4) is 0 Å². The van der Waals surface area contributed by atoms with Crippen molar-refractivity contribution in [2.24, 2.45) is 5.92 Å². The molecule has 0 bridgehead atoms. The van der Waals surface area contributed by atoms with Gasteiger partial charge in [-0.3, -0.25) is 9.59 Å². The molecule has 0 fully saturated rings. The van der Waals surface area contributed by atoms with Crippen LogP contribution in [0.1, 0.15) is 130 Å². The van der Waals surface area contributed by atoms with Gasteiger partial charge in [0.2, 0.25) is 0 Å². The predicted octanol–water partition coefficient (Wildman–Crippen LogP) is 7.69. The van der Waals surface area contributed by atoms with Gasteiger partial charge in [-0.2, -0.15) is 0 Å². The summed E-state index contributed by atoms with van der Waals surface area (Å²) in [6.45, 7) is 6.17. The Morgan fingerprint density at radius 3 is 1.58 bits per heavy atom. The largest absolute Gasteiger partial charge is 0.463 e. The van der Waals surface area contributed by atoms with E-state index in [1.165, 1.54) is 32.1 Å². The fourth-order valence-electron chi connectivity index (χ4n) is 4.30. The average Bonchev–Trinajstić information content (AvgIpc) is 2.98. The molecule has 0 radical (unpaired) electrons. The number of hydrogen-bond acceptors (Lipinski definition) is 7. The Morgan fingerprint density at radius 1 is 0.581 bits per heavy atom. The number of esters is 2. The summed E-state index contributed by atoms with van der Waals surface area (Å²) >= 11 is 0. The van der Waals surface area contributed by atoms with Gasteiger partial charge in [-0.05, 0) is 57.3 Å². The fourth-order valence-corrected chi connectivity index (χ4v) is 4.30. The number of rotatable bonds is 28. The molecule has 0 rings (SSSR count). The minimum atomic E-state index is -1.07. The third kappa shape index (κ3) is 29.6. The van der Waals surface area contributed by atoms with E-state index in [1.807, 2.05) is 12.2 Å². The Balaban J connectivity index is 3.78. The third-order valence-corrected chi connectivity index (χ3v) is 6.96. The van der Waals surface area contributed by atoms with Crippen molar-refractivity contribution in [1.82, 2.24) is 0 Å². The van der Waals surface area contributed by atoms with Crippen LogP contribution in [0.25, 0.3) is 0 Å². The van der Waals surface area contributed by atoms with Crippen LogP contribution in [0.5, 0.6) is 0 Å². The summed E-state index contributed by atoms with van der Waals surface area (Å²) < 4.78 is 10.1. The molecule has 0 aromatic heterocycles. The Bertz CT molecular complexity index is 784. The van der Waals surface area contributed by atoms with Crippen LogP contribution in [-0.4, -0.2) is 58.8 Å². The van der Waals surface area contributed by atoms with Crippen LogP contribution in [0, 0.1) is 5.92 Å². The first-order valence-corrected chi connectivity index (χ1v) is 16.7. The number of aliphatic hydroxyl groups is 3. The first-order valence-electron chi connectivity index (χ1n) is 16.7. The summed E-state index contributed by atoms with van der Waals surface area (Å²) in [5.41, 5.74) is 0. The number of unbranched alkanes of at least 4 members (excludes halogenated alkanes) is 6. The lowest BCUT2D eigenvalue weighted by Gasteiger charge is -2.16. The molecule has 248 valence electrons. The smallest absolute Gasteiger partial charge is 0.305 e. The van der Waals surface area contributed by atoms with Crippen LogP contribution in [0.15, 0.2) is 48.6 Å². The highest BCUT2D eigenvalue weighted by Gasteiger charge is 2.16. The average molecular weight is 607 g/mol. The molecule has 7 nitrogen and oxygen atoms in total. The molecule has 43 heavy (non-hydrogen) atoms. The van der Waals surface area contributed by atoms with Crippen LogP contribution in [0.4, 0.5) is 0 Å². The summed E-state index contributed by atoms with van der Waals surface area (Å²) in [7, 11) is 0. The van der Waals surface area contributed by atoms with Crippen LogP contribution in [0.3, 0.4) is 0 Å². The lowest BCUT2D eigenvalue weighted by molar-refractivity contribution is -0.152. The Morgan fingerprint density at radius 2 is 1.05 bits per heavy atom. The van der Waals surface area contributed by atoms with Crippen molar-refractivity contribution in [1.29, 1.82) is 0 Å². The van der Waals surface area contributed by atoms with Crippen molar-refractivity contribution in [3.05, 3.63) is 48.6 Å². The van der Waals surface area contributed by atoms with E-state index in [4.69, 9.17) is 9.47 Å². The molecular formula is C36H62O7. The van der Waals surface area contributed by atoms with Gasteiger partial charge < -0.3 is 24.8 Å². The number of carbonyl (C=O) groups excluding carboxylic acids is 2. The zero-order valence-corrected chi connectivity index (χ0v) is 27.3. The van der Waals surface area contributed by atoms with E-state index >= 15 is 0 Å². The number of aliphatic hydroxyl groups excluding tert-OH is 3. The molecule has 0 aliphatic carbocycles. The number of carbonyl (C=O) groups is 2. The predicted molar refractivity (Wildman–Crippen MR) is 175 cm³/mol. The minimum absolute atomic E-state index is 0.0674. The van der Waals surface area contributed by atoms with E-state index in [-0.39, 0.29) is 32.0 Å².